The van der Waals surface area contributed by atoms with E-state index in [4.69, 9.17) is 14.6 Å². The second-order valence-corrected chi connectivity index (χ2v) is 6.79. The quantitative estimate of drug-likeness (QED) is 0.329. The molecule has 0 unspecified atom stereocenters. The summed E-state index contributed by atoms with van der Waals surface area (Å²) in [5.74, 6) is -0.193. The number of rotatable bonds is 5. The van der Waals surface area contributed by atoms with Crippen molar-refractivity contribution >= 4 is 44.4 Å². The van der Waals surface area contributed by atoms with Gasteiger partial charge in [0, 0.05) is 0 Å². The fourth-order valence-corrected chi connectivity index (χ4v) is 4.41. The zero-order chi connectivity index (χ0) is 17.2. The minimum absolute atomic E-state index is 0.0565. The van der Waals surface area contributed by atoms with E-state index in [2.05, 4.69) is 11.8 Å². The summed E-state index contributed by atoms with van der Waals surface area (Å²) in [5.41, 5.74) is -0.710. The van der Waals surface area contributed by atoms with Crippen molar-refractivity contribution in [3.63, 3.8) is 0 Å². The van der Waals surface area contributed by atoms with Crippen molar-refractivity contribution in [1.82, 2.24) is 7.61 Å². The molecular formula is C14H25N2O5Pb. The number of carbonyl (C=O) groups is 3. The van der Waals surface area contributed by atoms with Gasteiger partial charge in [0.1, 0.15) is 0 Å². The maximum absolute atomic E-state index is 12.2. The molecule has 1 N–H and O–H groups in total. The standard InChI is InChI=1S/C13H24N2O3.CH2O2.Pb/c1-4-8-15-9-6-13(7-10-15,12(17)18-3)14-11(16)5-2;2-1-3;/h4-10H2,1-3H3,(H,14,16);1H,(H,2,3);/q;;+1/p-1. The van der Waals surface area contributed by atoms with Gasteiger partial charge in [-0.3, -0.25) is 4.79 Å². The fourth-order valence-electron chi connectivity index (χ4n) is 2.57. The van der Waals surface area contributed by atoms with Gasteiger partial charge in [0.2, 0.25) is 0 Å². The number of hydrogen-bond donors (Lipinski definition) is 1. The van der Waals surface area contributed by atoms with Crippen molar-refractivity contribution in [1.29, 1.82) is 0 Å². The molecule has 22 heavy (non-hydrogen) atoms. The van der Waals surface area contributed by atoms with E-state index in [1.54, 1.807) is 2.71 Å². The number of ether oxygens (including phenoxy) is 1. The van der Waals surface area contributed by atoms with E-state index < -0.39 is 5.54 Å². The van der Waals surface area contributed by atoms with E-state index in [0.29, 0.717) is 45.3 Å². The molecule has 1 amide bonds. The summed E-state index contributed by atoms with van der Waals surface area (Å²) in [6.45, 7) is 6.52. The average Bonchev–Trinajstić information content (AvgIpc) is 2.54. The molecule has 1 fully saturated rings. The van der Waals surface area contributed by atoms with Crippen LogP contribution in [0.2, 0.25) is 0 Å². The van der Waals surface area contributed by atoms with Crippen LogP contribution in [0.25, 0.3) is 0 Å². The molecule has 1 saturated heterocycles. The maximum Gasteiger partial charge on any atom is 0.290 e. The summed E-state index contributed by atoms with van der Waals surface area (Å²) in [7, 11) is 1.41. The third-order valence-corrected chi connectivity index (χ3v) is 6.40. The van der Waals surface area contributed by atoms with Crippen molar-refractivity contribution in [2.24, 2.45) is 0 Å². The normalized spacial score (nSPS) is 16.9. The monoisotopic (exact) mass is 509 g/mol. The largest absolute Gasteiger partial charge is 0.483 e. The summed E-state index contributed by atoms with van der Waals surface area (Å²) in [4.78, 5) is 34.9. The van der Waals surface area contributed by atoms with Gasteiger partial charge >= 0.3 is 132 Å². The van der Waals surface area contributed by atoms with Gasteiger partial charge in [-0.15, -0.1) is 0 Å². The zero-order valence-electron chi connectivity index (χ0n) is 13.5. The molecule has 8 heteroatoms. The van der Waals surface area contributed by atoms with Gasteiger partial charge in [0.25, 0.3) is 6.47 Å². The molecule has 0 aliphatic carbocycles. The third kappa shape index (κ3) is 5.49. The molecule has 0 bridgehead atoms. The van der Waals surface area contributed by atoms with Gasteiger partial charge in [0.15, 0.2) is 0 Å². The van der Waals surface area contributed by atoms with Gasteiger partial charge in [-0.25, -0.2) is 0 Å². The van der Waals surface area contributed by atoms with E-state index >= 15 is 0 Å². The van der Waals surface area contributed by atoms with E-state index in [1.807, 2.05) is 6.92 Å². The van der Waals surface area contributed by atoms with E-state index in [9.17, 15) is 9.59 Å². The molecule has 3 radical (unpaired) electrons. The first-order chi connectivity index (χ1) is 10.4. The molecule has 0 spiro atoms. The molecule has 1 aliphatic heterocycles. The zero-order valence-corrected chi connectivity index (χ0v) is 17.4. The first kappa shape index (κ1) is 21.3. The predicted molar refractivity (Wildman–Crippen MR) is 82.3 cm³/mol. The number of methoxy groups -OCH3 is 1. The van der Waals surface area contributed by atoms with Crippen molar-refractivity contribution in [2.75, 3.05) is 26.7 Å². The number of carbonyl (C=O) groups excluding carboxylic acids is 2. The molecular weight excluding hydrogens is 483 g/mol. The van der Waals surface area contributed by atoms with Crippen LogP contribution in [0.5, 0.6) is 0 Å². The summed E-state index contributed by atoms with van der Waals surface area (Å²) in [6, 6.07) is 0. The molecule has 1 heterocycles. The molecule has 1 rings (SSSR count). The SMILES string of the molecule is CCCN1CCC(C(=O)OC)([N]([Pb])C(=O)CC)CC1.O=CO. The Morgan fingerprint density at radius 3 is 2.23 bits per heavy atom. The number of hydrogen-bond acceptors (Lipinski definition) is 5. The van der Waals surface area contributed by atoms with Crippen LogP contribution in [0.1, 0.15) is 39.5 Å². The van der Waals surface area contributed by atoms with Crippen LogP contribution < -0.4 is 0 Å². The Morgan fingerprint density at radius 2 is 1.86 bits per heavy atom. The van der Waals surface area contributed by atoms with Gasteiger partial charge in [-0.05, 0) is 0 Å². The van der Waals surface area contributed by atoms with Crippen LogP contribution in [0.3, 0.4) is 0 Å². The Hall–Kier alpha value is -0.708. The van der Waals surface area contributed by atoms with Gasteiger partial charge in [-0.2, -0.15) is 0 Å². The average molecular weight is 509 g/mol. The molecule has 0 aromatic carbocycles. The Balaban J connectivity index is 0.00000135. The molecule has 0 saturated carbocycles. The molecule has 0 atom stereocenters. The van der Waals surface area contributed by atoms with Gasteiger partial charge < -0.3 is 5.11 Å². The van der Waals surface area contributed by atoms with Gasteiger partial charge in [0.05, 0.1) is 0 Å². The Labute approximate surface area is 148 Å². The number of piperidine rings is 1. The van der Waals surface area contributed by atoms with Crippen molar-refractivity contribution in [2.45, 2.75) is 45.1 Å². The summed E-state index contributed by atoms with van der Waals surface area (Å²) >= 11 is 0.560. The number of amides is 1. The first-order valence-electron chi connectivity index (χ1n) is 7.36. The maximum atomic E-state index is 12.2. The minimum Gasteiger partial charge on any atom is -0.483 e. The molecule has 1 aliphatic rings. The van der Waals surface area contributed by atoms with E-state index in [-0.39, 0.29) is 18.3 Å². The van der Waals surface area contributed by atoms with Crippen LogP contribution in [-0.4, -0.2) is 89.4 Å². The molecule has 7 nitrogen and oxygen atoms in total. The van der Waals surface area contributed by atoms with Gasteiger partial charge in [-0.1, -0.05) is 0 Å². The summed E-state index contributed by atoms with van der Waals surface area (Å²) < 4.78 is 6.71. The Morgan fingerprint density at radius 1 is 1.36 bits per heavy atom. The number of nitrogens with zero attached hydrogens (tertiary/aromatic N) is 2. The predicted octanol–water partition coefficient (Wildman–Crippen LogP) is 0.427. The van der Waals surface area contributed by atoms with Crippen molar-refractivity contribution in [3.05, 3.63) is 0 Å². The summed E-state index contributed by atoms with van der Waals surface area (Å²) in [5, 5.41) is 6.89. The van der Waals surface area contributed by atoms with Crippen LogP contribution in [0, 0.1) is 0 Å². The smallest absolute Gasteiger partial charge is 0.290 e. The number of carboxylic acid groups (broad SMARTS) is 1. The van der Waals surface area contributed by atoms with Crippen LogP contribution in [-0.2, 0) is 19.1 Å². The van der Waals surface area contributed by atoms with Crippen LogP contribution >= 0.6 is 0 Å². The summed E-state index contributed by atoms with van der Waals surface area (Å²) in [6.07, 6.45) is 2.94. The molecule has 0 aromatic rings. The molecule has 125 valence electrons. The Bertz CT molecular complexity index is 370. The van der Waals surface area contributed by atoms with Crippen molar-refractivity contribution < 1.29 is 24.2 Å². The topological polar surface area (TPSA) is 87.2 Å². The van der Waals surface area contributed by atoms with E-state index in [0.717, 1.165) is 26.1 Å². The number of likely N-dealkylation sites (tertiary alicyclic amines) is 1. The first-order valence-corrected chi connectivity index (χ1v) is 9.10. The van der Waals surface area contributed by atoms with Crippen LogP contribution in [0.15, 0.2) is 0 Å². The fraction of sp³-hybridized carbons (Fsp3) is 0.786. The third-order valence-electron chi connectivity index (χ3n) is 3.77. The number of esters is 1. The Kier molecular flexibility index (Phi) is 10.6. The van der Waals surface area contributed by atoms with Crippen LogP contribution in [0.4, 0.5) is 0 Å². The van der Waals surface area contributed by atoms with Crippen molar-refractivity contribution in [3.8, 4) is 0 Å². The minimum atomic E-state index is -0.710. The second kappa shape index (κ2) is 10.9. The van der Waals surface area contributed by atoms with E-state index in [1.165, 1.54) is 7.11 Å². The second-order valence-electron chi connectivity index (χ2n) is 5.05. The molecule has 0 aromatic heterocycles.